The predicted molar refractivity (Wildman–Crippen MR) is 149 cm³/mol. The molecule has 0 aromatic carbocycles. The van der Waals surface area contributed by atoms with Gasteiger partial charge in [0.1, 0.15) is 11.4 Å². The van der Waals surface area contributed by atoms with Crippen LogP contribution in [0.5, 0.6) is 0 Å². The molecule has 258 valence electrons. The molecule has 4 aromatic rings. The van der Waals surface area contributed by atoms with Crippen molar-refractivity contribution in [2.24, 2.45) is 0 Å². The van der Waals surface area contributed by atoms with Crippen LogP contribution < -0.4 is 20.8 Å². The fraction of sp³-hybridized carbons (Fsp3) is 0.0769. The van der Waals surface area contributed by atoms with Crippen LogP contribution >= 0.6 is 0 Å². The van der Waals surface area contributed by atoms with Gasteiger partial charge in [-0.2, -0.15) is 0 Å². The molecule has 0 aliphatic carbocycles. The van der Waals surface area contributed by atoms with Gasteiger partial charge < -0.3 is 61.1 Å². The Hall–Kier alpha value is -6.08. The van der Waals surface area contributed by atoms with E-state index >= 15 is 0 Å². The first-order valence-electron chi connectivity index (χ1n) is 12.1. The van der Waals surface area contributed by atoms with Crippen molar-refractivity contribution in [1.82, 2.24) is 30.6 Å². The normalized spacial score (nSPS) is 8.83. The molecule has 4 aromatic heterocycles. The summed E-state index contributed by atoms with van der Waals surface area (Å²) < 4.78 is 0. The molecular weight excluding hydrogens is 743 g/mol. The van der Waals surface area contributed by atoms with E-state index in [1.165, 1.54) is 36.4 Å². The molecule has 0 saturated carbocycles. The third kappa shape index (κ3) is 19.3. The van der Waals surface area contributed by atoms with E-state index in [0.717, 1.165) is 11.1 Å². The average molecular weight is 764 g/mol. The van der Waals surface area contributed by atoms with Crippen molar-refractivity contribution in [3.63, 3.8) is 0 Å². The fourth-order valence-corrected chi connectivity index (χ4v) is 2.90. The zero-order chi connectivity index (χ0) is 34.5. The van der Waals surface area contributed by atoms with Crippen LogP contribution in [0.25, 0.3) is 0 Å². The van der Waals surface area contributed by atoms with Crippen LogP contribution in [0.4, 0.5) is 0 Å². The number of aromatic nitrogens is 4. The van der Waals surface area contributed by atoms with Crippen molar-refractivity contribution in [1.29, 1.82) is 0 Å². The SMILES string of the molecule is O=C([O-])c1cccc(C(=O)NCc2cccnc2)n1.O=C([O-])c1cccc(C(=O)NCc2cccnc2)n1.O=[N+]([O-])[O-].O=[N+]([O-])[O-].[Cu+2].[Cu+2]. The van der Waals surface area contributed by atoms with Gasteiger partial charge in [0, 0.05) is 37.9 Å². The number of pyridine rings is 4. The van der Waals surface area contributed by atoms with Gasteiger partial charge in [-0.25, -0.2) is 9.97 Å². The second kappa shape index (κ2) is 24.2. The van der Waals surface area contributed by atoms with Crippen molar-refractivity contribution in [2.45, 2.75) is 13.1 Å². The molecule has 20 nitrogen and oxygen atoms in total. The molecule has 2 radical (unpaired) electrons. The third-order valence-corrected chi connectivity index (χ3v) is 4.73. The predicted octanol–water partition coefficient (Wildman–Crippen LogP) is -0.943. The molecule has 0 bridgehead atoms. The van der Waals surface area contributed by atoms with Crippen molar-refractivity contribution in [2.75, 3.05) is 0 Å². The third-order valence-electron chi connectivity index (χ3n) is 4.73. The summed E-state index contributed by atoms with van der Waals surface area (Å²) in [7, 11) is 0. The average Bonchev–Trinajstić information content (AvgIpc) is 3.03. The zero-order valence-electron chi connectivity index (χ0n) is 23.7. The van der Waals surface area contributed by atoms with Gasteiger partial charge in [0.15, 0.2) is 0 Å². The van der Waals surface area contributed by atoms with Crippen molar-refractivity contribution in [3.05, 3.63) is 150 Å². The van der Waals surface area contributed by atoms with E-state index in [1.54, 1.807) is 36.9 Å². The number of carboxylic acids is 2. The van der Waals surface area contributed by atoms with Gasteiger partial charge >= 0.3 is 34.1 Å². The minimum atomic E-state index is -1.75. The molecular formula is C26H20Cu2N8O12. The van der Waals surface area contributed by atoms with Crippen molar-refractivity contribution in [3.8, 4) is 0 Å². The Balaban J connectivity index is 0. The molecule has 0 unspecified atom stereocenters. The van der Waals surface area contributed by atoms with E-state index in [0.29, 0.717) is 13.1 Å². The van der Waals surface area contributed by atoms with Gasteiger partial charge in [0.25, 0.3) is 11.8 Å². The molecule has 0 aliphatic rings. The summed E-state index contributed by atoms with van der Waals surface area (Å²) in [5, 5.41) is 56.0. The Bertz CT molecular complexity index is 1510. The first-order valence-corrected chi connectivity index (χ1v) is 12.1. The minimum absolute atomic E-state index is 0. The van der Waals surface area contributed by atoms with Gasteiger partial charge in [-0.15, -0.1) is 0 Å². The van der Waals surface area contributed by atoms with E-state index < -0.39 is 33.9 Å². The van der Waals surface area contributed by atoms with Crippen molar-refractivity contribution >= 4 is 23.8 Å². The monoisotopic (exact) mass is 762 g/mol. The molecule has 0 saturated heterocycles. The molecule has 4 rings (SSSR count). The fourth-order valence-electron chi connectivity index (χ4n) is 2.90. The summed E-state index contributed by atoms with van der Waals surface area (Å²) in [6, 6.07) is 15.5. The Kier molecular flexibility index (Phi) is 22.2. The van der Waals surface area contributed by atoms with Crippen LogP contribution in [0.1, 0.15) is 53.1 Å². The number of carbonyl (C=O) groups is 4. The number of carbonyl (C=O) groups excluding carboxylic acids is 4. The quantitative estimate of drug-likeness (QED) is 0.124. The Labute approximate surface area is 290 Å². The van der Waals surface area contributed by atoms with E-state index in [-0.39, 0.29) is 56.9 Å². The molecule has 2 N–H and O–H groups in total. The van der Waals surface area contributed by atoms with Gasteiger partial charge in [-0.1, -0.05) is 24.3 Å². The smallest absolute Gasteiger partial charge is 0.543 e. The molecule has 48 heavy (non-hydrogen) atoms. The Morgan fingerprint density at radius 3 is 1.15 bits per heavy atom. The minimum Gasteiger partial charge on any atom is -0.543 e. The van der Waals surface area contributed by atoms with Gasteiger partial charge in [-0.3, -0.25) is 19.6 Å². The Morgan fingerprint density at radius 1 is 0.562 bits per heavy atom. The van der Waals surface area contributed by atoms with Gasteiger partial charge in [-0.05, 0) is 47.5 Å². The number of aromatic carboxylic acids is 2. The number of hydrogen-bond acceptors (Lipinski definition) is 16. The van der Waals surface area contributed by atoms with Crippen molar-refractivity contribution < 1.29 is 73.7 Å². The number of hydrogen-bond donors (Lipinski definition) is 2. The summed E-state index contributed by atoms with van der Waals surface area (Å²) in [5.41, 5.74) is 1.21. The maximum absolute atomic E-state index is 11.8. The van der Waals surface area contributed by atoms with Crippen LogP contribution in [0, 0.1) is 30.6 Å². The number of nitrogens with zero attached hydrogens (tertiary/aromatic N) is 6. The second-order valence-corrected chi connectivity index (χ2v) is 7.93. The van der Waals surface area contributed by atoms with Crippen LogP contribution in [-0.4, -0.2) is 53.9 Å². The van der Waals surface area contributed by atoms with Crippen LogP contribution in [0.2, 0.25) is 0 Å². The van der Waals surface area contributed by atoms with E-state index in [9.17, 15) is 29.4 Å². The van der Waals surface area contributed by atoms with E-state index in [1.807, 2.05) is 12.1 Å². The summed E-state index contributed by atoms with van der Waals surface area (Å²) in [6.45, 7) is 0.591. The Morgan fingerprint density at radius 2 is 0.875 bits per heavy atom. The molecule has 0 spiro atoms. The molecule has 0 aliphatic heterocycles. The maximum Gasteiger partial charge on any atom is 2.00 e. The van der Waals surface area contributed by atoms with Gasteiger partial charge in [0.2, 0.25) is 0 Å². The molecule has 4 heterocycles. The number of rotatable bonds is 8. The second-order valence-electron chi connectivity index (χ2n) is 7.93. The molecule has 2 amide bonds. The summed E-state index contributed by atoms with van der Waals surface area (Å²) in [6.07, 6.45) is 6.53. The largest absolute Gasteiger partial charge is 2.00 e. The van der Waals surface area contributed by atoms with Crippen LogP contribution in [0.3, 0.4) is 0 Å². The summed E-state index contributed by atoms with van der Waals surface area (Å²) >= 11 is 0. The summed E-state index contributed by atoms with van der Waals surface area (Å²) in [5.74, 6) is -3.73. The zero-order valence-corrected chi connectivity index (χ0v) is 25.6. The molecule has 22 heteroatoms. The first kappa shape index (κ1) is 44.0. The van der Waals surface area contributed by atoms with E-state index in [2.05, 4.69) is 30.6 Å². The number of carboxylic acid groups (broad SMARTS) is 2. The number of nitrogens with one attached hydrogen (secondary N) is 2. The topological polar surface area (TPSA) is 322 Å². The van der Waals surface area contributed by atoms with Gasteiger partial charge in [0.05, 0.1) is 33.5 Å². The summed E-state index contributed by atoms with van der Waals surface area (Å²) in [4.78, 5) is 76.6. The number of amides is 2. The standard InChI is InChI=1S/2C13H11N3O3.2Cu.2NO3/c2*17-12(15-8-9-3-2-6-14-7-9)10-4-1-5-11(16-10)13(18)19;;;2*2-1(3)4/h2*1-7H,8H2,(H,15,17)(H,18,19);;;;/q;;2*+2;2*-1/p-2. The maximum atomic E-state index is 11.8. The van der Waals surface area contributed by atoms with Crippen LogP contribution in [-0.2, 0) is 47.2 Å². The molecule has 0 fully saturated rings. The van der Waals surface area contributed by atoms with E-state index in [4.69, 9.17) is 30.6 Å². The molecule has 0 atom stereocenters. The van der Waals surface area contributed by atoms with Crippen LogP contribution in [0.15, 0.2) is 85.5 Å². The first-order chi connectivity index (χ1) is 21.8.